The van der Waals surface area contributed by atoms with Gasteiger partial charge in [0.2, 0.25) is 0 Å². The number of hydrogen-bond donors (Lipinski definition) is 1. The Labute approximate surface area is 91.6 Å². The van der Waals surface area contributed by atoms with Crippen LogP contribution in [-0.2, 0) is 17.8 Å². The topological polar surface area (TPSA) is 39.1 Å². The maximum Gasteiger partial charge on any atom is 0.0662 e. The van der Waals surface area contributed by atoms with Crippen molar-refractivity contribution in [2.24, 2.45) is 0 Å². The summed E-state index contributed by atoms with van der Waals surface area (Å²) in [5.41, 5.74) is 2.48. The fourth-order valence-corrected chi connectivity index (χ4v) is 1.47. The molecule has 0 atom stereocenters. The van der Waals surface area contributed by atoms with Crippen LogP contribution in [0, 0.1) is 6.92 Å². The Morgan fingerprint density at radius 2 is 2.27 bits per heavy atom. The van der Waals surface area contributed by atoms with E-state index in [1.165, 1.54) is 11.3 Å². The summed E-state index contributed by atoms with van der Waals surface area (Å²) in [6, 6.07) is 0. The minimum absolute atomic E-state index is 0.745. The lowest BCUT2D eigenvalue weighted by molar-refractivity contribution is 0.124. The van der Waals surface area contributed by atoms with Gasteiger partial charge in [0.15, 0.2) is 0 Å². The Kier molecular flexibility index (Phi) is 5.36. The van der Waals surface area contributed by atoms with Crippen molar-refractivity contribution in [3.05, 3.63) is 17.5 Å². The molecule has 1 N–H and O–H groups in total. The number of nitrogens with zero attached hydrogens (tertiary/aromatic N) is 2. The summed E-state index contributed by atoms with van der Waals surface area (Å²) < 4.78 is 7.44. The second-order valence-electron chi connectivity index (χ2n) is 3.62. The first-order chi connectivity index (χ1) is 7.29. The molecule has 0 radical (unpaired) electrons. The standard InChI is InChI=1S/C11H21N3O/c1-4-6-15-7-5-14-10(2)11(8-12-3)9-13-14/h9,12H,4-8H2,1-3H3. The maximum atomic E-state index is 5.43. The van der Waals surface area contributed by atoms with Gasteiger partial charge in [-0.15, -0.1) is 0 Å². The molecule has 1 heterocycles. The first kappa shape index (κ1) is 12.2. The molecule has 0 aliphatic heterocycles. The molecule has 4 nitrogen and oxygen atoms in total. The molecule has 1 aromatic rings. The van der Waals surface area contributed by atoms with E-state index in [4.69, 9.17) is 4.74 Å². The monoisotopic (exact) mass is 211 g/mol. The largest absolute Gasteiger partial charge is 0.380 e. The van der Waals surface area contributed by atoms with Crippen molar-refractivity contribution < 1.29 is 4.74 Å². The molecule has 0 aliphatic carbocycles. The van der Waals surface area contributed by atoms with Gasteiger partial charge in [-0.2, -0.15) is 5.10 Å². The van der Waals surface area contributed by atoms with E-state index in [1.54, 1.807) is 0 Å². The number of rotatable bonds is 7. The highest BCUT2D eigenvalue weighted by atomic mass is 16.5. The highest BCUT2D eigenvalue weighted by molar-refractivity contribution is 5.15. The van der Waals surface area contributed by atoms with E-state index >= 15 is 0 Å². The van der Waals surface area contributed by atoms with E-state index in [0.29, 0.717) is 0 Å². The number of hydrogen-bond acceptors (Lipinski definition) is 3. The lowest BCUT2D eigenvalue weighted by Gasteiger charge is -2.06. The maximum absolute atomic E-state index is 5.43. The molecule has 86 valence electrons. The summed E-state index contributed by atoms with van der Waals surface area (Å²) in [7, 11) is 1.95. The SMILES string of the molecule is CCCOCCn1ncc(CNC)c1C. The molecule has 4 heteroatoms. The zero-order chi connectivity index (χ0) is 11.1. The van der Waals surface area contributed by atoms with E-state index in [0.717, 1.165) is 32.7 Å². The van der Waals surface area contributed by atoms with Crippen LogP contribution in [0.3, 0.4) is 0 Å². The molecule has 0 aromatic carbocycles. The Morgan fingerprint density at radius 1 is 1.47 bits per heavy atom. The molecule has 0 saturated carbocycles. The summed E-state index contributed by atoms with van der Waals surface area (Å²) in [6.07, 6.45) is 2.99. The number of aromatic nitrogens is 2. The van der Waals surface area contributed by atoms with Crippen molar-refractivity contribution in [3.8, 4) is 0 Å². The summed E-state index contributed by atoms with van der Waals surface area (Å²) in [4.78, 5) is 0. The summed E-state index contributed by atoms with van der Waals surface area (Å²) in [5.74, 6) is 0. The van der Waals surface area contributed by atoms with Crippen molar-refractivity contribution in [1.82, 2.24) is 15.1 Å². The normalized spacial score (nSPS) is 10.9. The molecule has 0 bridgehead atoms. The van der Waals surface area contributed by atoms with Gasteiger partial charge in [0.1, 0.15) is 0 Å². The quantitative estimate of drug-likeness (QED) is 0.692. The van der Waals surface area contributed by atoms with E-state index < -0.39 is 0 Å². The summed E-state index contributed by atoms with van der Waals surface area (Å²) in [6.45, 7) is 7.51. The predicted molar refractivity (Wildman–Crippen MR) is 60.8 cm³/mol. The van der Waals surface area contributed by atoms with Gasteiger partial charge in [0, 0.05) is 24.4 Å². The highest BCUT2D eigenvalue weighted by Crippen LogP contribution is 2.06. The second kappa shape index (κ2) is 6.58. The molecule has 1 rings (SSSR count). The second-order valence-corrected chi connectivity index (χ2v) is 3.62. The third-order valence-corrected chi connectivity index (χ3v) is 2.37. The van der Waals surface area contributed by atoms with Crippen molar-refractivity contribution in [2.75, 3.05) is 20.3 Å². The van der Waals surface area contributed by atoms with Gasteiger partial charge < -0.3 is 10.1 Å². The van der Waals surface area contributed by atoms with Crippen molar-refractivity contribution >= 4 is 0 Å². The van der Waals surface area contributed by atoms with Crippen LogP contribution in [0.1, 0.15) is 24.6 Å². The third kappa shape index (κ3) is 3.64. The van der Waals surface area contributed by atoms with Crippen LogP contribution in [0.25, 0.3) is 0 Å². The molecule has 0 amide bonds. The fraction of sp³-hybridized carbons (Fsp3) is 0.727. The Hall–Kier alpha value is -0.870. The molecule has 1 aromatic heterocycles. The van der Waals surface area contributed by atoms with Crippen LogP contribution in [0.15, 0.2) is 6.20 Å². The van der Waals surface area contributed by atoms with E-state index in [-0.39, 0.29) is 0 Å². The molecule has 0 aliphatic rings. The van der Waals surface area contributed by atoms with Crippen molar-refractivity contribution in [3.63, 3.8) is 0 Å². The van der Waals surface area contributed by atoms with Crippen LogP contribution in [0.5, 0.6) is 0 Å². The predicted octanol–water partition coefficient (Wildman–Crippen LogP) is 1.34. The molecular formula is C11H21N3O. The summed E-state index contributed by atoms with van der Waals surface area (Å²) >= 11 is 0. The molecule has 0 fully saturated rings. The molecule has 0 unspecified atom stereocenters. The van der Waals surface area contributed by atoms with Crippen LogP contribution in [0.4, 0.5) is 0 Å². The summed E-state index contributed by atoms with van der Waals surface area (Å²) in [5, 5.41) is 7.46. The average molecular weight is 211 g/mol. The van der Waals surface area contributed by atoms with Crippen LogP contribution < -0.4 is 5.32 Å². The van der Waals surface area contributed by atoms with Gasteiger partial charge in [-0.3, -0.25) is 4.68 Å². The smallest absolute Gasteiger partial charge is 0.0662 e. The van der Waals surface area contributed by atoms with Crippen molar-refractivity contribution in [2.45, 2.75) is 33.4 Å². The van der Waals surface area contributed by atoms with Gasteiger partial charge in [-0.05, 0) is 20.4 Å². The Balaban J connectivity index is 2.40. The third-order valence-electron chi connectivity index (χ3n) is 2.37. The van der Waals surface area contributed by atoms with Crippen LogP contribution in [-0.4, -0.2) is 30.0 Å². The first-order valence-electron chi connectivity index (χ1n) is 5.53. The van der Waals surface area contributed by atoms with Gasteiger partial charge in [-0.1, -0.05) is 6.92 Å². The van der Waals surface area contributed by atoms with E-state index in [9.17, 15) is 0 Å². The first-order valence-corrected chi connectivity index (χ1v) is 5.53. The van der Waals surface area contributed by atoms with Gasteiger partial charge in [0.25, 0.3) is 0 Å². The van der Waals surface area contributed by atoms with Crippen LogP contribution >= 0.6 is 0 Å². The van der Waals surface area contributed by atoms with Gasteiger partial charge >= 0.3 is 0 Å². The Bertz CT molecular complexity index is 283. The van der Waals surface area contributed by atoms with Crippen molar-refractivity contribution in [1.29, 1.82) is 0 Å². The van der Waals surface area contributed by atoms with Crippen LogP contribution in [0.2, 0.25) is 0 Å². The Morgan fingerprint density at radius 3 is 2.93 bits per heavy atom. The fourth-order valence-electron chi connectivity index (χ4n) is 1.47. The minimum Gasteiger partial charge on any atom is -0.380 e. The van der Waals surface area contributed by atoms with Gasteiger partial charge in [0.05, 0.1) is 19.3 Å². The lowest BCUT2D eigenvalue weighted by Crippen LogP contribution is -2.11. The number of nitrogens with one attached hydrogen (secondary N) is 1. The molecular weight excluding hydrogens is 190 g/mol. The van der Waals surface area contributed by atoms with E-state index in [2.05, 4.69) is 24.3 Å². The van der Waals surface area contributed by atoms with Gasteiger partial charge in [-0.25, -0.2) is 0 Å². The zero-order valence-corrected chi connectivity index (χ0v) is 9.92. The highest BCUT2D eigenvalue weighted by Gasteiger charge is 2.04. The zero-order valence-electron chi connectivity index (χ0n) is 9.92. The number of ether oxygens (including phenoxy) is 1. The lowest BCUT2D eigenvalue weighted by atomic mass is 10.2. The molecule has 0 spiro atoms. The minimum atomic E-state index is 0.745. The molecule has 0 saturated heterocycles. The molecule has 15 heavy (non-hydrogen) atoms. The average Bonchev–Trinajstić information content (AvgIpc) is 2.57. The van der Waals surface area contributed by atoms with E-state index in [1.807, 2.05) is 17.9 Å².